The van der Waals surface area contributed by atoms with Crippen LogP contribution in [0.3, 0.4) is 0 Å². The number of hydrogen-bond donors (Lipinski definition) is 0. The molecule has 3 nitrogen and oxygen atoms in total. The highest BCUT2D eigenvalue weighted by Gasteiger charge is 1.96. The number of hydrogen-bond acceptors (Lipinski definition) is 3. The molecule has 0 saturated carbocycles. The summed E-state index contributed by atoms with van der Waals surface area (Å²) in [7, 11) is 0. The maximum atomic E-state index is 9.93. The minimum atomic E-state index is 0.178. The predicted molar refractivity (Wildman–Crippen MR) is 40.8 cm³/mol. The van der Waals surface area contributed by atoms with Crippen LogP contribution in [-0.2, 0) is 0 Å². The lowest BCUT2D eigenvalue weighted by Crippen LogP contribution is -1.70. The van der Waals surface area contributed by atoms with Crippen LogP contribution in [0, 0.1) is 0 Å². The highest BCUT2D eigenvalue weighted by Crippen LogP contribution is 2.01. The maximum Gasteiger partial charge on any atom is 0.185 e. The number of rotatable bonds is 2. The van der Waals surface area contributed by atoms with Crippen LogP contribution in [0.2, 0.25) is 0 Å². The monoisotopic (exact) mass is 154 g/mol. The van der Waals surface area contributed by atoms with E-state index in [0.717, 1.165) is 0 Å². The Morgan fingerprint density at radius 2 is 1.45 bits per heavy atom. The number of carbonyl (C=O) groups excluding carboxylic acids is 2. The van der Waals surface area contributed by atoms with Gasteiger partial charge in [-0.15, -0.1) is 0 Å². The molecule has 0 amide bonds. The van der Waals surface area contributed by atoms with Crippen molar-refractivity contribution in [3.8, 4) is 0 Å². The summed E-state index contributed by atoms with van der Waals surface area (Å²) in [6, 6.07) is 2.88. The molecule has 1 heterocycles. The molecule has 0 spiro atoms. The van der Waals surface area contributed by atoms with Crippen molar-refractivity contribution in [1.82, 2.24) is 0 Å². The summed E-state index contributed by atoms with van der Waals surface area (Å²) in [5, 5.41) is 0. The zero-order chi connectivity index (χ0) is 8.69. The number of carbonyl (C=O) groups is 2. The van der Waals surface area contributed by atoms with Crippen LogP contribution in [0.1, 0.15) is 35.0 Å². The number of aldehydes is 2. The van der Waals surface area contributed by atoms with Crippen LogP contribution < -0.4 is 0 Å². The smallest absolute Gasteiger partial charge is 0.185 e. The summed E-state index contributed by atoms with van der Waals surface area (Å²) in [5.41, 5.74) is 0. The van der Waals surface area contributed by atoms with E-state index in [1.54, 1.807) is 0 Å². The summed E-state index contributed by atoms with van der Waals surface area (Å²) >= 11 is 0. The zero-order valence-corrected chi connectivity index (χ0v) is 6.53. The van der Waals surface area contributed by atoms with Crippen molar-refractivity contribution in [2.45, 2.75) is 13.8 Å². The van der Waals surface area contributed by atoms with E-state index in [-0.39, 0.29) is 11.5 Å². The molecule has 0 aliphatic carbocycles. The molecule has 0 N–H and O–H groups in total. The predicted octanol–water partition coefficient (Wildman–Crippen LogP) is 1.93. The Morgan fingerprint density at radius 1 is 1.09 bits per heavy atom. The first-order valence-electron chi connectivity index (χ1n) is 3.37. The third kappa shape index (κ3) is 2.80. The fraction of sp³-hybridized carbons (Fsp3) is 0.250. The van der Waals surface area contributed by atoms with Crippen molar-refractivity contribution in [3.05, 3.63) is 23.7 Å². The molecule has 0 bridgehead atoms. The highest BCUT2D eigenvalue weighted by molar-refractivity contribution is 5.75. The molecule has 0 radical (unpaired) electrons. The van der Waals surface area contributed by atoms with Crippen molar-refractivity contribution < 1.29 is 14.0 Å². The molecule has 0 aliphatic rings. The molecule has 0 aliphatic heterocycles. The molecule has 11 heavy (non-hydrogen) atoms. The van der Waals surface area contributed by atoms with Gasteiger partial charge in [-0.25, -0.2) is 0 Å². The van der Waals surface area contributed by atoms with Gasteiger partial charge < -0.3 is 4.42 Å². The van der Waals surface area contributed by atoms with Gasteiger partial charge in [0.05, 0.1) is 0 Å². The average molecular weight is 154 g/mol. The van der Waals surface area contributed by atoms with Crippen molar-refractivity contribution in [2.24, 2.45) is 0 Å². The second kappa shape index (κ2) is 5.41. The fourth-order valence-electron chi connectivity index (χ4n) is 0.495. The first-order valence-corrected chi connectivity index (χ1v) is 3.37. The maximum absolute atomic E-state index is 9.93. The SMILES string of the molecule is CC.O=Cc1ccc(C=O)o1. The Bertz CT molecular complexity index is 202. The largest absolute Gasteiger partial charge is 0.450 e. The zero-order valence-electron chi connectivity index (χ0n) is 6.53. The first-order chi connectivity index (χ1) is 5.36. The van der Waals surface area contributed by atoms with Gasteiger partial charge in [-0.1, -0.05) is 13.8 Å². The summed E-state index contributed by atoms with van der Waals surface area (Å²) in [5.74, 6) is 0.356. The summed E-state index contributed by atoms with van der Waals surface area (Å²) in [6.07, 6.45) is 1.10. The van der Waals surface area contributed by atoms with E-state index in [4.69, 9.17) is 0 Å². The fourth-order valence-corrected chi connectivity index (χ4v) is 0.495. The third-order valence-electron chi connectivity index (χ3n) is 0.880. The normalized spacial score (nSPS) is 7.82. The molecule has 0 aromatic carbocycles. The van der Waals surface area contributed by atoms with E-state index in [9.17, 15) is 9.59 Å². The van der Waals surface area contributed by atoms with Gasteiger partial charge in [0.1, 0.15) is 0 Å². The van der Waals surface area contributed by atoms with Crippen LogP contribution in [0.4, 0.5) is 0 Å². The van der Waals surface area contributed by atoms with E-state index in [1.165, 1.54) is 12.1 Å². The highest BCUT2D eigenvalue weighted by atomic mass is 16.4. The molecule has 1 aromatic heterocycles. The Hall–Kier alpha value is -1.38. The molecule has 0 fully saturated rings. The third-order valence-corrected chi connectivity index (χ3v) is 0.880. The van der Waals surface area contributed by atoms with Gasteiger partial charge >= 0.3 is 0 Å². The van der Waals surface area contributed by atoms with Crippen LogP contribution >= 0.6 is 0 Å². The number of furan rings is 1. The Labute approximate surface area is 65.0 Å². The lowest BCUT2D eigenvalue weighted by molar-refractivity contribution is 0.108. The van der Waals surface area contributed by atoms with E-state index in [2.05, 4.69) is 4.42 Å². The molecular weight excluding hydrogens is 144 g/mol. The molecule has 1 aromatic rings. The lowest BCUT2D eigenvalue weighted by Gasteiger charge is -1.75. The summed E-state index contributed by atoms with van der Waals surface area (Å²) < 4.78 is 4.65. The standard InChI is InChI=1S/C6H4O3.C2H6/c7-3-5-1-2-6(4-8)9-5;1-2/h1-4H;1-2H3. The Kier molecular flexibility index (Phi) is 4.73. The second-order valence-corrected chi connectivity index (χ2v) is 1.48. The Balaban J connectivity index is 0.000000461. The quantitative estimate of drug-likeness (QED) is 0.611. The van der Waals surface area contributed by atoms with E-state index >= 15 is 0 Å². The molecule has 0 saturated heterocycles. The Morgan fingerprint density at radius 3 is 1.64 bits per heavy atom. The van der Waals surface area contributed by atoms with Gasteiger partial charge in [-0.05, 0) is 12.1 Å². The van der Waals surface area contributed by atoms with Crippen LogP contribution in [0.15, 0.2) is 16.5 Å². The minimum absolute atomic E-state index is 0.178. The molecular formula is C8H10O3. The van der Waals surface area contributed by atoms with E-state index in [0.29, 0.717) is 12.6 Å². The van der Waals surface area contributed by atoms with Crippen molar-refractivity contribution in [2.75, 3.05) is 0 Å². The minimum Gasteiger partial charge on any atom is -0.450 e. The summed E-state index contributed by atoms with van der Waals surface area (Å²) in [6.45, 7) is 4.00. The van der Waals surface area contributed by atoms with Gasteiger partial charge in [0, 0.05) is 0 Å². The lowest BCUT2D eigenvalue weighted by atomic mass is 10.4. The molecule has 1 rings (SSSR count). The average Bonchev–Trinajstić information content (AvgIpc) is 2.55. The molecule has 0 atom stereocenters. The van der Waals surface area contributed by atoms with E-state index in [1.807, 2.05) is 13.8 Å². The van der Waals surface area contributed by atoms with Gasteiger partial charge in [0.2, 0.25) is 0 Å². The van der Waals surface area contributed by atoms with Crippen molar-refractivity contribution >= 4 is 12.6 Å². The van der Waals surface area contributed by atoms with Crippen LogP contribution in [0.25, 0.3) is 0 Å². The van der Waals surface area contributed by atoms with Gasteiger partial charge in [0.25, 0.3) is 0 Å². The van der Waals surface area contributed by atoms with Gasteiger partial charge in [-0.2, -0.15) is 0 Å². The van der Waals surface area contributed by atoms with Crippen LogP contribution in [-0.4, -0.2) is 12.6 Å². The summed E-state index contributed by atoms with van der Waals surface area (Å²) in [4.78, 5) is 19.9. The van der Waals surface area contributed by atoms with Gasteiger partial charge in [-0.3, -0.25) is 9.59 Å². The van der Waals surface area contributed by atoms with Crippen molar-refractivity contribution in [3.63, 3.8) is 0 Å². The topological polar surface area (TPSA) is 47.3 Å². The molecule has 0 unspecified atom stereocenters. The molecule has 60 valence electrons. The first kappa shape index (κ1) is 9.62. The van der Waals surface area contributed by atoms with E-state index < -0.39 is 0 Å². The second-order valence-electron chi connectivity index (χ2n) is 1.48. The molecule has 3 heteroatoms. The van der Waals surface area contributed by atoms with Crippen molar-refractivity contribution in [1.29, 1.82) is 0 Å². The van der Waals surface area contributed by atoms with Crippen LogP contribution in [0.5, 0.6) is 0 Å². The van der Waals surface area contributed by atoms with Gasteiger partial charge in [0.15, 0.2) is 24.1 Å².